The predicted octanol–water partition coefficient (Wildman–Crippen LogP) is 5.30. The Bertz CT molecular complexity index is 892. The van der Waals surface area contributed by atoms with Crippen molar-refractivity contribution in [2.45, 2.75) is 5.54 Å². The fourth-order valence-corrected chi connectivity index (χ4v) is 3.54. The zero-order valence-electron chi connectivity index (χ0n) is 13.3. The number of halogens is 2. The highest BCUT2D eigenvalue weighted by atomic mass is 35.5. The van der Waals surface area contributed by atoms with Gasteiger partial charge in [0.2, 0.25) is 0 Å². The van der Waals surface area contributed by atoms with Crippen molar-refractivity contribution in [1.29, 1.82) is 0 Å². The summed E-state index contributed by atoms with van der Waals surface area (Å²) < 4.78 is 5.54. The third kappa shape index (κ3) is 2.81. The van der Waals surface area contributed by atoms with Crippen molar-refractivity contribution in [3.05, 3.63) is 104 Å². The molecule has 2 aromatic carbocycles. The number of nitro groups is 1. The van der Waals surface area contributed by atoms with Crippen molar-refractivity contribution in [2.75, 3.05) is 7.11 Å². The number of rotatable bonds is 4. The van der Waals surface area contributed by atoms with Crippen LogP contribution in [0.15, 0.2) is 66.4 Å². The third-order valence-corrected chi connectivity index (χ3v) is 4.79. The average molecular weight is 375 g/mol. The van der Waals surface area contributed by atoms with Crippen LogP contribution in [0.1, 0.15) is 11.1 Å². The monoisotopic (exact) mass is 374 g/mol. The van der Waals surface area contributed by atoms with E-state index in [0.29, 0.717) is 26.7 Å². The fraction of sp³-hybridized carbons (Fsp3) is 0.105. The molecule has 1 aliphatic carbocycles. The Morgan fingerprint density at radius 3 is 2.28 bits per heavy atom. The summed E-state index contributed by atoms with van der Waals surface area (Å²) in [5, 5.41) is 13.0. The van der Waals surface area contributed by atoms with Crippen LogP contribution in [0.2, 0.25) is 10.0 Å². The highest BCUT2D eigenvalue weighted by Crippen LogP contribution is 2.46. The molecule has 1 atom stereocenters. The molecule has 0 amide bonds. The van der Waals surface area contributed by atoms with Gasteiger partial charge in [0.25, 0.3) is 0 Å². The van der Waals surface area contributed by atoms with Gasteiger partial charge < -0.3 is 4.74 Å². The molecule has 0 N–H and O–H groups in total. The number of ether oxygens (including phenoxy) is 1. The van der Waals surface area contributed by atoms with Crippen LogP contribution < -0.4 is 0 Å². The van der Waals surface area contributed by atoms with Crippen LogP contribution in [0.25, 0.3) is 5.57 Å². The lowest BCUT2D eigenvalue weighted by Crippen LogP contribution is -2.38. The van der Waals surface area contributed by atoms with Gasteiger partial charge in [-0.05, 0) is 18.2 Å². The zero-order valence-corrected chi connectivity index (χ0v) is 14.8. The van der Waals surface area contributed by atoms with E-state index in [1.165, 1.54) is 13.2 Å². The summed E-state index contributed by atoms with van der Waals surface area (Å²) in [6, 6.07) is 13.8. The Kier molecular flexibility index (Phi) is 4.84. The first kappa shape index (κ1) is 17.5. The molecule has 3 rings (SSSR count). The zero-order chi connectivity index (χ0) is 18.0. The first-order chi connectivity index (χ1) is 12.0. The molecule has 2 aromatic rings. The number of methoxy groups -OCH3 is 1. The molecule has 6 heteroatoms. The maximum atomic E-state index is 12.2. The molecule has 1 aliphatic rings. The van der Waals surface area contributed by atoms with Crippen LogP contribution in [0.4, 0.5) is 0 Å². The minimum atomic E-state index is -1.73. The Labute approximate surface area is 155 Å². The Hall–Kier alpha value is -2.30. The van der Waals surface area contributed by atoms with E-state index in [9.17, 15) is 10.1 Å². The van der Waals surface area contributed by atoms with Gasteiger partial charge in [0, 0.05) is 33.6 Å². The first-order valence-corrected chi connectivity index (χ1v) is 8.23. The summed E-state index contributed by atoms with van der Waals surface area (Å²) in [7, 11) is 1.41. The second-order valence-electron chi connectivity index (χ2n) is 5.46. The van der Waals surface area contributed by atoms with E-state index < -0.39 is 10.5 Å². The molecule has 0 aromatic heterocycles. The van der Waals surface area contributed by atoms with Crippen molar-refractivity contribution >= 4 is 28.8 Å². The topological polar surface area (TPSA) is 52.4 Å². The van der Waals surface area contributed by atoms with Crippen LogP contribution in [-0.4, -0.2) is 12.0 Å². The van der Waals surface area contributed by atoms with Crippen molar-refractivity contribution in [2.24, 2.45) is 0 Å². The number of allylic oxidation sites excluding steroid dienone is 2. The summed E-state index contributed by atoms with van der Waals surface area (Å²) in [6.45, 7) is 0. The molecule has 0 fully saturated rings. The number of benzene rings is 2. The standard InChI is InChI=1S/C19H14Cl2NO3/c1-25-18-14(13-7-2-4-10-16(13)20)8-6-12-19(18,22(23)24)15-9-3-5-11-17(15)21/h2-12H,1H3. The smallest absolute Gasteiger partial charge is 0.322 e. The highest BCUT2D eigenvalue weighted by molar-refractivity contribution is 6.32. The van der Waals surface area contributed by atoms with E-state index in [4.69, 9.17) is 27.9 Å². The Morgan fingerprint density at radius 1 is 1.04 bits per heavy atom. The molecule has 1 unspecified atom stereocenters. The van der Waals surface area contributed by atoms with Crippen LogP contribution in [0, 0.1) is 16.5 Å². The van der Waals surface area contributed by atoms with E-state index in [1.807, 2.05) is 6.07 Å². The second-order valence-corrected chi connectivity index (χ2v) is 6.27. The molecule has 0 heterocycles. The number of hydrogen-bond acceptors (Lipinski definition) is 3. The lowest BCUT2D eigenvalue weighted by molar-refractivity contribution is -0.557. The first-order valence-electron chi connectivity index (χ1n) is 7.48. The number of nitrogens with zero attached hydrogens (tertiary/aromatic N) is 1. The van der Waals surface area contributed by atoms with Gasteiger partial charge in [-0.3, -0.25) is 10.1 Å². The Morgan fingerprint density at radius 2 is 1.68 bits per heavy atom. The summed E-state index contributed by atoms with van der Waals surface area (Å²) >= 11 is 12.6. The van der Waals surface area contributed by atoms with E-state index in [1.54, 1.807) is 55.0 Å². The molecule has 0 saturated heterocycles. The van der Waals surface area contributed by atoms with Gasteiger partial charge in [-0.1, -0.05) is 59.6 Å². The van der Waals surface area contributed by atoms with Crippen molar-refractivity contribution in [3.63, 3.8) is 0 Å². The maximum Gasteiger partial charge on any atom is 0.322 e. The van der Waals surface area contributed by atoms with Crippen molar-refractivity contribution in [1.82, 2.24) is 0 Å². The van der Waals surface area contributed by atoms with Gasteiger partial charge in [-0.25, -0.2) is 0 Å². The summed E-state index contributed by atoms with van der Waals surface area (Å²) in [5.41, 5.74) is -0.181. The van der Waals surface area contributed by atoms with E-state index in [-0.39, 0.29) is 5.76 Å². The van der Waals surface area contributed by atoms with Gasteiger partial charge >= 0.3 is 5.54 Å². The molecular weight excluding hydrogens is 361 g/mol. The normalized spacial score (nSPS) is 19.8. The van der Waals surface area contributed by atoms with Gasteiger partial charge in [0.05, 0.1) is 17.7 Å². The molecule has 0 bridgehead atoms. The molecule has 1 radical (unpaired) electrons. The minimum absolute atomic E-state index is 0.168. The average Bonchev–Trinajstić information content (AvgIpc) is 2.61. The predicted molar refractivity (Wildman–Crippen MR) is 98.9 cm³/mol. The van der Waals surface area contributed by atoms with Crippen LogP contribution in [0.3, 0.4) is 0 Å². The van der Waals surface area contributed by atoms with Gasteiger partial charge in [-0.2, -0.15) is 0 Å². The van der Waals surface area contributed by atoms with Crippen LogP contribution >= 0.6 is 23.2 Å². The summed E-state index contributed by atoms with van der Waals surface area (Å²) in [5.74, 6) is 0.168. The quantitative estimate of drug-likeness (QED) is 0.539. The maximum absolute atomic E-state index is 12.2. The van der Waals surface area contributed by atoms with Crippen molar-refractivity contribution in [3.8, 4) is 0 Å². The van der Waals surface area contributed by atoms with E-state index in [2.05, 4.69) is 0 Å². The largest absolute Gasteiger partial charge is 0.493 e. The fourth-order valence-electron chi connectivity index (χ4n) is 3.02. The van der Waals surface area contributed by atoms with Crippen LogP contribution in [-0.2, 0) is 10.3 Å². The molecule has 25 heavy (non-hydrogen) atoms. The minimum Gasteiger partial charge on any atom is -0.493 e. The molecule has 4 nitrogen and oxygen atoms in total. The molecule has 0 saturated carbocycles. The van der Waals surface area contributed by atoms with E-state index >= 15 is 0 Å². The molecule has 0 aliphatic heterocycles. The van der Waals surface area contributed by atoms with Crippen molar-refractivity contribution < 1.29 is 9.66 Å². The second kappa shape index (κ2) is 6.90. The third-order valence-electron chi connectivity index (χ3n) is 4.13. The molecule has 0 spiro atoms. The van der Waals surface area contributed by atoms with Gasteiger partial charge in [-0.15, -0.1) is 0 Å². The van der Waals surface area contributed by atoms with Gasteiger partial charge in [0.15, 0.2) is 5.76 Å². The lowest BCUT2D eigenvalue weighted by Gasteiger charge is -2.30. The SMILES string of the molecule is COC1=C(c2ccccc2Cl)[CH]C=CC1(c1ccccc1Cl)[N+](=O)[O-]. The van der Waals surface area contributed by atoms with E-state index in [0.717, 1.165) is 0 Å². The Balaban J connectivity index is 2.34. The molecular formula is C19H14Cl2NO3. The van der Waals surface area contributed by atoms with Crippen LogP contribution in [0.5, 0.6) is 0 Å². The molecule has 127 valence electrons. The highest BCUT2D eigenvalue weighted by Gasteiger charge is 2.52. The lowest BCUT2D eigenvalue weighted by atomic mass is 9.80. The summed E-state index contributed by atoms with van der Waals surface area (Å²) in [4.78, 5) is 11.8. The summed E-state index contributed by atoms with van der Waals surface area (Å²) in [6.07, 6.45) is 4.86. The number of hydrogen-bond donors (Lipinski definition) is 0. The van der Waals surface area contributed by atoms with Gasteiger partial charge in [0.1, 0.15) is 0 Å².